The van der Waals surface area contributed by atoms with Gasteiger partial charge in [0.25, 0.3) is 0 Å². The van der Waals surface area contributed by atoms with Crippen molar-refractivity contribution in [1.29, 1.82) is 0 Å². The molecule has 20 heavy (non-hydrogen) atoms. The molecule has 1 aliphatic heterocycles. The fraction of sp³-hybridized carbons (Fsp3) is 0.500. The van der Waals surface area contributed by atoms with Gasteiger partial charge in [-0.1, -0.05) is 19.1 Å². The lowest BCUT2D eigenvalue weighted by Gasteiger charge is -2.29. The van der Waals surface area contributed by atoms with E-state index in [1.165, 1.54) is 12.1 Å². The highest BCUT2D eigenvalue weighted by Gasteiger charge is 2.37. The van der Waals surface area contributed by atoms with Crippen molar-refractivity contribution < 1.29 is 23.4 Å². The van der Waals surface area contributed by atoms with Gasteiger partial charge in [0.1, 0.15) is 0 Å². The second-order valence-electron chi connectivity index (χ2n) is 4.83. The molecule has 0 saturated carbocycles. The van der Waals surface area contributed by atoms with Crippen molar-refractivity contribution in [2.24, 2.45) is 5.92 Å². The van der Waals surface area contributed by atoms with Crippen molar-refractivity contribution in [3.8, 4) is 0 Å². The van der Waals surface area contributed by atoms with E-state index in [-0.39, 0.29) is 24.8 Å². The van der Waals surface area contributed by atoms with E-state index in [1.807, 2.05) is 11.8 Å². The number of halogens is 2. The second-order valence-corrected chi connectivity index (χ2v) is 4.83. The minimum atomic E-state index is -0.925. The normalized spacial score (nSPS) is 22.4. The highest BCUT2D eigenvalue weighted by Crippen LogP contribution is 2.23. The predicted molar refractivity (Wildman–Crippen MR) is 68.2 cm³/mol. The number of aliphatic carboxylic acids is 1. The molecule has 2 unspecified atom stereocenters. The van der Waals surface area contributed by atoms with Crippen LogP contribution in [0.1, 0.15) is 12.5 Å². The van der Waals surface area contributed by atoms with Gasteiger partial charge in [0.05, 0.1) is 19.1 Å². The summed E-state index contributed by atoms with van der Waals surface area (Å²) in [6.07, 6.45) is 0. The van der Waals surface area contributed by atoms with Crippen LogP contribution in [-0.2, 0) is 16.1 Å². The largest absolute Gasteiger partial charge is 0.481 e. The Morgan fingerprint density at radius 1 is 1.45 bits per heavy atom. The second kappa shape index (κ2) is 6.28. The molecule has 0 bridgehead atoms. The summed E-state index contributed by atoms with van der Waals surface area (Å²) in [4.78, 5) is 13.0. The molecule has 6 heteroatoms. The average molecular weight is 285 g/mol. The molecule has 2 atom stereocenters. The van der Waals surface area contributed by atoms with E-state index in [2.05, 4.69) is 0 Å². The number of benzene rings is 1. The molecule has 1 saturated heterocycles. The van der Waals surface area contributed by atoms with Gasteiger partial charge in [0.15, 0.2) is 11.6 Å². The zero-order valence-electron chi connectivity index (χ0n) is 11.2. The van der Waals surface area contributed by atoms with Crippen molar-refractivity contribution in [2.75, 3.05) is 19.8 Å². The Bertz CT molecular complexity index is 495. The fourth-order valence-corrected chi connectivity index (χ4v) is 2.49. The molecular weight excluding hydrogens is 268 g/mol. The number of nitrogens with zero attached hydrogens (tertiary/aromatic N) is 1. The molecule has 1 N–H and O–H groups in total. The summed E-state index contributed by atoms with van der Waals surface area (Å²) in [6.45, 7) is 3.00. The topological polar surface area (TPSA) is 49.8 Å². The van der Waals surface area contributed by atoms with Crippen LogP contribution >= 0.6 is 0 Å². The van der Waals surface area contributed by atoms with Crippen LogP contribution in [0.4, 0.5) is 8.78 Å². The Morgan fingerprint density at radius 2 is 2.20 bits per heavy atom. The molecule has 1 aromatic carbocycles. The fourth-order valence-electron chi connectivity index (χ4n) is 2.49. The van der Waals surface area contributed by atoms with Gasteiger partial charge in [0, 0.05) is 18.2 Å². The van der Waals surface area contributed by atoms with E-state index in [9.17, 15) is 13.6 Å². The van der Waals surface area contributed by atoms with Gasteiger partial charge in [-0.15, -0.1) is 0 Å². The lowest BCUT2D eigenvalue weighted by molar-refractivity contribution is -0.143. The van der Waals surface area contributed by atoms with E-state index >= 15 is 0 Å². The molecule has 0 spiro atoms. The van der Waals surface area contributed by atoms with E-state index in [0.29, 0.717) is 13.2 Å². The minimum absolute atomic E-state index is 0.155. The predicted octanol–water partition coefficient (Wildman–Crippen LogP) is 1.89. The average Bonchev–Trinajstić information content (AvgIpc) is 2.90. The van der Waals surface area contributed by atoms with E-state index in [4.69, 9.17) is 9.84 Å². The van der Waals surface area contributed by atoms with Crippen LogP contribution in [0.15, 0.2) is 18.2 Å². The number of ether oxygens (including phenoxy) is 1. The van der Waals surface area contributed by atoms with Gasteiger partial charge in [-0.3, -0.25) is 9.69 Å². The van der Waals surface area contributed by atoms with Crippen molar-refractivity contribution in [1.82, 2.24) is 4.90 Å². The standard InChI is InChI=1S/C14H17F2NO3/c1-2-17(12-8-20-7-10(12)14(18)19)6-9-4-3-5-11(15)13(9)16/h3-5,10,12H,2,6-8H2,1H3,(H,18,19). The van der Waals surface area contributed by atoms with Crippen LogP contribution in [0.2, 0.25) is 0 Å². The maximum absolute atomic E-state index is 13.7. The number of rotatable bonds is 5. The zero-order valence-corrected chi connectivity index (χ0v) is 11.2. The third kappa shape index (κ3) is 2.96. The van der Waals surface area contributed by atoms with Crippen molar-refractivity contribution >= 4 is 5.97 Å². The number of carboxylic acid groups (broad SMARTS) is 1. The lowest BCUT2D eigenvalue weighted by atomic mass is 10.0. The number of hydrogen-bond donors (Lipinski definition) is 1. The van der Waals surface area contributed by atoms with E-state index in [1.54, 1.807) is 0 Å². The first-order valence-electron chi connectivity index (χ1n) is 6.52. The first kappa shape index (κ1) is 14.9. The van der Waals surface area contributed by atoms with Gasteiger partial charge in [-0.05, 0) is 12.6 Å². The number of likely N-dealkylation sites (N-methyl/N-ethyl adjacent to an activating group) is 1. The molecule has 4 nitrogen and oxygen atoms in total. The number of carbonyl (C=O) groups is 1. The first-order chi connectivity index (χ1) is 9.54. The Kier molecular flexibility index (Phi) is 4.67. The Labute approximate surface area is 116 Å². The lowest BCUT2D eigenvalue weighted by Crippen LogP contribution is -2.42. The molecule has 0 amide bonds. The molecule has 0 radical (unpaired) electrons. The third-order valence-electron chi connectivity index (χ3n) is 3.65. The molecular formula is C14H17F2NO3. The van der Waals surface area contributed by atoms with E-state index in [0.717, 1.165) is 6.07 Å². The van der Waals surface area contributed by atoms with Gasteiger partial charge in [-0.25, -0.2) is 8.78 Å². The quantitative estimate of drug-likeness (QED) is 0.897. The number of carboxylic acids is 1. The van der Waals surface area contributed by atoms with Crippen LogP contribution in [0.25, 0.3) is 0 Å². The molecule has 1 fully saturated rings. The van der Waals surface area contributed by atoms with Gasteiger partial charge < -0.3 is 9.84 Å². The SMILES string of the molecule is CCN(Cc1cccc(F)c1F)C1COCC1C(=O)O. The highest BCUT2D eigenvalue weighted by atomic mass is 19.2. The van der Waals surface area contributed by atoms with Crippen LogP contribution in [0, 0.1) is 17.6 Å². The Hall–Kier alpha value is -1.53. The summed E-state index contributed by atoms with van der Waals surface area (Å²) < 4.78 is 32.1. The summed E-state index contributed by atoms with van der Waals surface area (Å²) in [5, 5.41) is 9.15. The summed E-state index contributed by atoms with van der Waals surface area (Å²) in [5.74, 6) is -3.33. The first-order valence-corrected chi connectivity index (χ1v) is 6.52. The molecule has 0 aliphatic carbocycles. The maximum atomic E-state index is 13.7. The molecule has 2 rings (SSSR count). The molecule has 110 valence electrons. The Balaban J connectivity index is 2.16. The Morgan fingerprint density at radius 3 is 2.85 bits per heavy atom. The molecule has 1 aromatic rings. The van der Waals surface area contributed by atoms with Gasteiger partial charge >= 0.3 is 5.97 Å². The van der Waals surface area contributed by atoms with E-state index < -0.39 is 23.5 Å². The van der Waals surface area contributed by atoms with Crippen LogP contribution in [0.5, 0.6) is 0 Å². The van der Waals surface area contributed by atoms with Crippen LogP contribution < -0.4 is 0 Å². The van der Waals surface area contributed by atoms with Crippen molar-refractivity contribution in [2.45, 2.75) is 19.5 Å². The zero-order chi connectivity index (χ0) is 14.7. The van der Waals surface area contributed by atoms with Crippen LogP contribution in [0.3, 0.4) is 0 Å². The smallest absolute Gasteiger partial charge is 0.310 e. The maximum Gasteiger partial charge on any atom is 0.310 e. The molecule has 1 heterocycles. The summed E-state index contributed by atoms with van der Waals surface area (Å²) in [6, 6.07) is 3.70. The summed E-state index contributed by atoms with van der Waals surface area (Å²) >= 11 is 0. The minimum Gasteiger partial charge on any atom is -0.481 e. The monoisotopic (exact) mass is 285 g/mol. The molecule has 0 aromatic heterocycles. The molecule has 1 aliphatic rings. The summed E-state index contributed by atoms with van der Waals surface area (Å²) in [5.41, 5.74) is 0.225. The summed E-state index contributed by atoms with van der Waals surface area (Å²) in [7, 11) is 0. The van der Waals surface area contributed by atoms with Crippen molar-refractivity contribution in [3.63, 3.8) is 0 Å². The van der Waals surface area contributed by atoms with Gasteiger partial charge in [-0.2, -0.15) is 0 Å². The third-order valence-corrected chi connectivity index (χ3v) is 3.65. The van der Waals surface area contributed by atoms with Gasteiger partial charge in [0.2, 0.25) is 0 Å². The van der Waals surface area contributed by atoms with Crippen LogP contribution in [-0.4, -0.2) is 41.8 Å². The van der Waals surface area contributed by atoms with Crippen molar-refractivity contribution in [3.05, 3.63) is 35.4 Å². The number of hydrogen-bond acceptors (Lipinski definition) is 3. The highest BCUT2D eigenvalue weighted by molar-refractivity contribution is 5.71.